The molecule has 0 aliphatic carbocycles. The van der Waals surface area contributed by atoms with Gasteiger partial charge in [-0.25, -0.2) is 8.42 Å². The van der Waals surface area contributed by atoms with Crippen molar-refractivity contribution < 1.29 is 17.9 Å². The molecule has 18 heavy (non-hydrogen) atoms. The Hall–Kier alpha value is -0.730. The number of rotatable bonds is 8. The lowest BCUT2D eigenvalue weighted by atomic mass is 10.3. The number of thiocarbonyl (C=S) groups is 1. The van der Waals surface area contributed by atoms with Gasteiger partial charge < -0.3 is 15.4 Å². The molecule has 0 aliphatic heterocycles. The Balaban J connectivity index is 4.72. The molecule has 0 aromatic heterocycles. The van der Waals surface area contributed by atoms with Gasteiger partial charge in [0, 0.05) is 32.9 Å². The summed E-state index contributed by atoms with van der Waals surface area (Å²) < 4.78 is 27.6. The highest BCUT2D eigenvalue weighted by Crippen LogP contribution is 2.05. The molecule has 106 valence electrons. The van der Waals surface area contributed by atoms with E-state index in [1.807, 2.05) is 0 Å². The van der Waals surface area contributed by atoms with Crippen LogP contribution >= 0.6 is 12.2 Å². The van der Waals surface area contributed by atoms with Crippen molar-refractivity contribution >= 4 is 33.0 Å². The Morgan fingerprint density at radius 3 is 2.39 bits per heavy atom. The molecule has 0 spiro atoms. The van der Waals surface area contributed by atoms with Crippen LogP contribution in [0.25, 0.3) is 0 Å². The highest BCUT2D eigenvalue weighted by molar-refractivity contribution is 7.92. The van der Waals surface area contributed by atoms with Crippen LogP contribution in [0.15, 0.2) is 0 Å². The van der Waals surface area contributed by atoms with Gasteiger partial charge in [0.1, 0.15) is 5.25 Å². The van der Waals surface area contributed by atoms with Gasteiger partial charge in [0.25, 0.3) is 0 Å². The third kappa shape index (κ3) is 6.27. The number of sulfone groups is 1. The zero-order chi connectivity index (χ0) is 14.3. The summed E-state index contributed by atoms with van der Waals surface area (Å²) >= 11 is 4.74. The van der Waals surface area contributed by atoms with Crippen LogP contribution in [0.2, 0.25) is 0 Å². The summed E-state index contributed by atoms with van der Waals surface area (Å²) in [5.41, 5.74) is 5.38. The molecule has 1 amide bonds. The van der Waals surface area contributed by atoms with E-state index in [1.165, 1.54) is 18.9 Å². The van der Waals surface area contributed by atoms with Crippen molar-refractivity contribution in [3.05, 3.63) is 0 Å². The lowest BCUT2D eigenvalue weighted by Gasteiger charge is -2.24. The standard InChI is InChI=1S/C10H20N2O4S2/c1-8(18(3,14)15)10(13)12(6-7-16-2)5-4-9(11)17/h8H,4-7H2,1-3H3,(H2,11,17). The second-order valence-electron chi connectivity index (χ2n) is 4.01. The minimum atomic E-state index is -3.41. The first-order valence-corrected chi connectivity index (χ1v) is 7.81. The fourth-order valence-electron chi connectivity index (χ4n) is 1.22. The Kier molecular flexibility index (Phi) is 7.34. The summed E-state index contributed by atoms with van der Waals surface area (Å²) in [7, 11) is -1.90. The predicted octanol–water partition coefficient (Wildman–Crippen LogP) is -0.429. The summed E-state index contributed by atoms with van der Waals surface area (Å²) in [5, 5.41) is -1.07. The fraction of sp³-hybridized carbons (Fsp3) is 0.800. The van der Waals surface area contributed by atoms with Crippen LogP contribution in [0, 0.1) is 0 Å². The number of hydrogen-bond acceptors (Lipinski definition) is 5. The molecule has 1 unspecified atom stereocenters. The monoisotopic (exact) mass is 296 g/mol. The lowest BCUT2D eigenvalue weighted by Crippen LogP contribution is -2.43. The second-order valence-corrected chi connectivity index (χ2v) is 6.90. The van der Waals surface area contributed by atoms with Crippen molar-refractivity contribution in [1.82, 2.24) is 4.90 Å². The van der Waals surface area contributed by atoms with Crippen molar-refractivity contribution in [3.8, 4) is 0 Å². The topological polar surface area (TPSA) is 89.7 Å². The van der Waals surface area contributed by atoms with Crippen molar-refractivity contribution in [2.75, 3.05) is 33.1 Å². The molecule has 2 N–H and O–H groups in total. The minimum absolute atomic E-state index is 0.289. The maximum absolute atomic E-state index is 12.0. The number of ether oxygens (including phenoxy) is 1. The zero-order valence-corrected chi connectivity index (χ0v) is 12.5. The van der Waals surface area contributed by atoms with E-state index in [9.17, 15) is 13.2 Å². The Morgan fingerprint density at radius 2 is 2.00 bits per heavy atom. The van der Waals surface area contributed by atoms with E-state index in [0.29, 0.717) is 26.1 Å². The molecule has 0 heterocycles. The van der Waals surface area contributed by atoms with Crippen LogP contribution in [0.5, 0.6) is 0 Å². The van der Waals surface area contributed by atoms with Crippen LogP contribution in [0.3, 0.4) is 0 Å². The van der Waals surface area contributed by atoms with Crippen molar-refractivity contribution in [3.63, 3.8) is 0 Å². The number of hydrogen-bond donors (Lipinski definition) is 1. The summed E-state index contributed by atoms with van der Waals surface area (Å²) in [6.07, 6.45) is 1.40. The number of carbonyl (C=O) groups excluding carboxylic acids is 1. The van der Waals surface area contributed by atoms with Gasteiger partial charge in [0.05, 0.1) is 11.6 Å². The van der Waals surface area contributed by atoms with Crippen LogP contribution in [-0.4, -0.2) is 62.5 Å². The van der Waals surface area contributed by atoms with E-state index in [4.69, 9.17) is 22.7 Å². The molecule has 0 saturated carbocycles. The molecule has 0 radical (unpaired) electrons. The minimum Gasteiger partial charge on any atom is -0.393 e. The summed E-state index contributed by atoms with van der Waals surface area (Å²) in [4.78, 5) is 13.7. The number of nitrogens with two attached hydrogens (primary N) is 1. The first kappa shape index (κ1) is 17.3. The molecule has 8 heteroatoms. The van der Waals surface area contributed by atoms with Gasteiger partial charge in [-0.15, -0.1) is 0 Å². The van der Waals surface area contributed by atoms with Crippen LogP contribution in [-0.2, 0) is 19.4 Å². The van der Waals surface area contributed by atoms with E-state index in [-0.39, 0.29) is 4.99 Å². The second kappa shape index (κ2) is 7.65. The van der Waals surface area contributed by atoms with Crippen LogP contribution in [0.1, 0.15) is 13.3 Å². The Bertz CT molecular complexity index is 395. The Morgan fingerprint density at radius 1 is 1.44 bits per heavy atom. The van der Waals surface area contributed by atoms with Crippen LogP contribution < -0.4 is 5.73 Å². The van der Waals surface area contributed by atoms with E-state index in [0.717, 1.165) is 6.26 Å². The third-order valence-electron chi connectivity index (χ3n) is 2.50. The molecule has 0 aromatic carbocycles. The average Bonchev–Trinajstić information content (AvgIpc) is 2.25. The van der Waals surface area contributed by atoms with Gasteiger partial charge in [-0.05, 0) is 6.92 Å². The number of nitrogens with zero attached hydrogens (tertiary/aromatic N) is 1. The number of amides is 1. The Labute approximate surface area is 113 Å². The molecule has 6 nitrogen and oxygen atoms in total. The predicted molar refractivity (Wildman–Crippen MR) is 74.2 cm³/mol. The quantitative estimate of drug-likeness (QED) is 0.611. The average molecular weight is 296 g/mol. The maximum atomic E-state index is 12.0. The molecule has 0 saturated heterocycles. The highest BCUT2D eigenvalue weighted by atomic mass is 32.2. The highest BCUT2D eigenvalue weighted by Gasteiger charge is 2.28. The maximum Gasteiger partial charge on any atom is 0.240 e. The largest absolute Gasteiger partial charge is 0.393 e. The molecule has 1 atom stereocenters. The smallest absolute Gasteiger partial charge is 0.240 e. The fourth-order valence-corrected chi connectivity index (χ4v) is 1.83. The van der Waals surface area contributed by atoms with Crippen molar-refractivity contribution in [2.24, 2.45) is 5.73 Å². The van der Waals surface area contributed by atoms with Gasteiger partial charge in [0.15, 0.2) is 9.84 Å². The number of methoxy groups -OCH3 is 1. The molecule has 0 aliphatic rings. The van der Waals surface area contributed by atoms with Gasteiger partial charge in [-0.3, -0.25) is 4.79 Å². The van der Waals surface area contributed by atoms with E-state index in [2.05, 4.69) is 0 Å². The molecule has 0 fully saturated rings. The summed E-state index contributed by atoms with van der Waals surface area (Å²) in [6, 6.07) is 0. The number of carbonyl (C=O) groups is 1. The van der Waals surface area contributed by atoms with Gasteiger partial charge in [-0.2, -0.15) is 0 Å². The lowest BCUT2D eigenvalue weighted by molar-refractivity contribution is -0.131. The zero-order valence-electron chi connectivity index (χ0n) is 10.9. The first-order chi connectivity index (χ1) is 8.20. The normalized spacial score (nSPS) is 13.1. The molecule has 0 rings (SSSR count). The van der Waals surface area contributed by atoms with E-state index in [1.54, 1.807) is 0 Å². The summed E-state index contributed by atoms with van der Waals surface area (Å²) in [6.45, 7) is 2.33. The van der Waals surface area contributed by atoms with Crippen molar-refractivity contribution in [2.45, 2.75) is 18.6 Å². The van der Waals surface area contributed by atoms with Gasteiger partial charge in [-0.1, -0.05) is 12.2 Å². The van der Waals surface area contributed by atoms with Gasteiger partial charge in [0.2, 0.25) is 5.91 Å². The van der Waals surface area contributed by atoms with E-state index < -0.39 is 21.0 Å². The third-order valence-corrected chi connectivity index (χ3v) is 4.19. The summed E-state index contributed by atoms with van der Waals surface area (Å²) in [5.74, 6) is -0.453. The van der Waals surface area contributed by atoms with Crippen molar-refractivity contribution in [1.29, 1.82) is 0 Å². The first-order valence-electron chi connectivity index (χ1n) is 5.45. The molecular formula is C10H20N2O4S2. The SMILES string of the molecule is COCCN(CCC(N)=S)C(=O)C(C)S(C)(=O)=O. The molecule has 0 aromatic rings. The van der Waals surface area contributed by atoms with E-state index >= 15 is 0 Å². The van der Waals surface area contributed by atoms with Gasteiger partial charge >= 0.3 is 0 Å². The molecular weight excluding hydrogens is 276 g/mol. The molecule has 0 bridgehead atoms. The van der Waals surface area contributed by atoms with Crippen LogP contribution in [0.4, 0.5) is 0 Å².